The predicted molar refractivity (Wildman–Crippen MR) is 66.5 cm³/mol. The highest BCUT2D eigenvalue weighted by Crippen LogP contribution is 2.31. The molecule has 0 fully saturated rings. The lowest BCUT2D eigenvalue weighted by Crippen LogP contribution is -2.05. The van der Waals surface area contributed by atoms with E-state index in [1.807, 2.05) is 12.4 Å². The number of aromatic nitrogens is 3. The zero-order valence-corrected chi connectivity index (χ0v) is 9.76. The third-order valence-electron chi connectivity index (χ3n) is 3.26. The van der Waals surface area contributed by atoms with Crippen LogP contribution in [-0.2, 0) is 19.4 Å². The van der Waals surface area contributed by atoms with Crippen molar-refractivity contribution in [1.29, 1.82) is 0 Å². The number of hydrogen-bond acceptors (Lipinski definition) is 3. The largest absolute Gasteiger partial charge is 0.330 e. The number of nitrogens with two attached hydrogens (primary N) is 1. The fraction of sp³-hybridized carbons (Fsp3) is 0.385. The maximum atomic E-state index is 5.66. The van der Waals surface area contributed by atoms with Gasteiger partial charge in [0.15, 0.2) is 0 Å². The van der Waals surface area contributed by atoms with E-state index in [9.17, 15) is 0 Å². The molecule has 0 saturated carbocycles. The zero-order chi connectivity index (χ0) is 11.7. The highest BCUT2D eigenvalue weighted by atomic mass is 15.3. The molecule has 0 atom stereocenters. The summed E-state index contributed by atoms with van der Waals surface area (Å²) >= 11 is 0. The molecule has 3 rings (SSSR count). The molecule has 0 amide bonds. The van der Waals surface area contributed by atoms with Gasteiger partial charge >= 0.3 is 0 Å². The first kappa shape index (κ1) is 10.5. The van der Waals surface area contributed by atoms with Gasteiger partial charge in [0.05, 0.1) is 5.69 Å². The van der Waals surface area contributed by atoms with Gasteiger partial charge < -0.3 is 5.73 Å². The van der Waals surface area contributed by atoms with Gasteiger partial charge in [-0.3, -0.25) is 9.67 Å². The van der Waals surface area contributed by atoms with Gasteiger partial charge in [-0.15, -0.1) is 0 Å². The average Bonchev–Trinajstić information content (AvgIpc) is 2.90. The molecule has 2 aromatic heterocycles. The quantitative estimate of drug-likeness (QED) is 0.863. The van der Waals surface area contributed by atoms with Gasteiger partial charge in [-0.2, -0.15) is 5.10 Å². The fourth-order valence-electron chi connectivity index (χ4n) is 2.55. The van der Waals surface area contributed by atoms with Gasteiger partial charge in [-0.1, -0.05) is 0 Å². The van der Waals surface area contributed by atoms with Crippen molar-refractivity contribution in [3.63, 3.8) is 0 Å². The average molecular weight is 228 g/mol. The van der Waals surface area contributed by atoms with E-state index >= 15 is 0 Å². The zero-order valence-electron chi connectivity index (χ0n) is 9.76. The molecule has 0 spiro atoms. The third-order valence-corrected chi connectivity index (χ3v) is 3.26. The number of rotatable bonds is 3. The lowest BCUT2D eigenvalue weighted by atomic mass is 10.0. The molecule has 4 heteroatoms. The van der Waals surface area contributed by atoms with Crippen LogP contribution in [0.4, 0.5) is 0 Å². The Kier molecular flexibility index (Phi) is 2.65. The van der Waals surface area contributed by atoms with Crippen molar-refractivity contribution in [1.82, 2.24) is 14.8 Å². The second kappa shape index (κ2) is 4.30. The van der Waals surface area contributed by atoms with Crippen LogP contribution < -0.4 is 5.73 Å². The standard InChI is InChI=1S/C13H16N4/c14-6-3-11-13(10-4-7-15-8-5-10)12-2-1-9-17(12)16-11/h4-5,7-8H,1-3,6,9,14H2. The van der Waals surface area contributed by atoms with E-state index in [0.717, 1.165) is 25.1 Å². The molecular formula is C13H16N4. The summed E-state index contributed by atoms with van der Waals surface area (Å²) in [6, 6.07) is 4.10. The van der Waals surface area contributed by atoms with Gasteiger partial charge in [0, 0.05) is 36.6 Å². The van der Waals surface area contributed by atoms with Crippen molar-refractivity contribution >= 4 is 0 Å². The Morgan fingerprint density at radius 3 is 2.88 bits per heavy atom. The minimum absolute atomic E-state index is 0.647. The van der Waals surface area contributed by atoms with E-state index in [4.69, 9.17) is 5.73 Å². The highest BCUT2D eigenvalue weighted by Gasteiger charge is 2.21. The van der Waals surface area contributed by atoms with E-state index in [2.05, 4.69) is 26.9 Å². The van der Waals surface area contributed by atoms with E-state index < -0.39 is 0 Å². The fourth-order valence-corrected chi connectivity index (χ4v) is 2.55. The van der Waals surface area contributed by atoms with Crippen molar-refractivity contribution in [2.75, 3.05) is 6.54 Å². The van der Waals surface area contributed by atoms with Crippen LogP contribution in [0.1, 0.15) is 17.8 Å². The van der Waals surface area contributed by atoms with Crippen LogP contribution in [0.15, 0.2) is 24.5 Å². The summed E-state index contributed by atoms with van der Waals surface area (Å²) in [4.78, 5) is 4.07. The van der Waals surface area contributed by atoms with E-state index in [-0.39, 0.29) is 0 Å². The van der Waals surface area contributed by atoms with Crippen LogP contribution in [-0.4, -0.2) is 21.3 Å². The van der Waals surface area contributed by atoms with Crippen LogP contribution in [0, 0.1) is 0 Å². The van der Waals surface area contributed by atoms with Gasteiger partial charge in [-0.05, 0) is 37.1 Å². The van der Waals surface area contributed by atoms with Crippen LogP contribution in [0.25, 0.3) is 11.1 Å². The van der Waals surface area contributed by atoms with Gasteiger partial charge in [0.1, 0.15) is 0 Å². The minimum atomic E-state index is 0.647. The Hall–Kier alpha value is -1.68. The number of fused-ring (bicyclic) bond motifs is 1. The topological polar surface area (TPSA) is 56.7 Å². The van der Waals surface area contributed by atoms with Crippen molar-refractivity contribution < 1.29 is 0 Å². The molecule has 88 valence electrons. The molecule has 2 aromatic rings. The molecule has 1 aliphatic heterocycles. The van der Waals surface area contributed by atoms with Crippen LogP contribution >= 0.6 is 0 Å². The first-order chi connectivity index (χ1) is 8.40. The Labute approximate surface area is 100 Å². The number of nitrogens with zero attached hydrogens (tertiary/aromatic N) is 3. The third kappa shape index (κ3) is 1.74. The summed E-state index contributed by atoms with van der Waals surface area (Å²) in [5.41, 5.74) is 10.7. The molecule has 0 aliphatic carbocycles. The van der Waals surface area contributed by atoms with E-state index in [0.29, 0.717) is 6.54 Å². The molecular weight excluding hydrogens is 212 g/mol. The second-order valence-electron chi connectivity index (χ2n) is 4.37. The van der Waals surface area contributed by atoms with Crippen molar-refractivity contribution in [2.45, 2.75) is 25.8 Å². The van der Waals surface area contributed by atoms with Gasteiger partial charge in [0.2, 0.25) is 0 Å². The monoisotopic (exact) mass is 228 g/mol. The number of hydrogen-bond donors (Lipinski definition) is 1. The lowest BCUT2D eigenvalue weighted by Gasteiger charge is -2.03. The molecule has 0 radical (unpaired) electrons. The normalized spacial score (nSPS) is 13.9. The molecule has 2 N–H and O–H groups in total. The Bertz CT molecular complexity index is 516. The van der Waals surface area contributed by atoms with Crippen LogP contribution in [0.2, 0.25) is 0 Å². The maximum Gasteiger partial charge on any atom is 0.0718 e. The Balaban J connectivity index is 2.13. The maximum absolute atomic E-state index is 5.66. The van der Waals surface area contributed by atoms with Crippen LogP contribution in [0.3, 0.4) is 0 Å². The molecule has 4 nitrogen and oxygen atoms in total. The van der Waals surface area contributed by atoms with Crippen molar-refractivity contribution in [3.8, 4) is 11.1 Å². The smallest absolute Gasteiger partial charge is 0.0718 e. The summed E-state index contributed by atoms with van der Waals surface area (Å²) < 4.78 is 2.14. The highest BCUT2D eigenvalue weighted by molar-refractivity contribution is 5.69. The minimum Gasteiger partial charge on any atom is -0.330 e. The summed E-state index contributed by atoms with van der Waals surface area (Å²) in [6.07, 6.45) is 6.83. The lowest BCUT2D eigenvalue weighted by molar-refractivity contribution is 0.643. The van der Waals surface area contributed by atoms with E-state index in [1.165, 1.54) is 23.2 Å². The SMILES string of the molecule is NCCc1nn2c(c1-c1ccncc1)CCC2. The molecule has 3 heterocycles. The summed E-state index contributed by atoms with van der Waals surface area (Å²) in [5, 5.41) is 4.67. The molecule has 0 bridgehead atoms. The molecule has 17 heavy (non-hydrogen) atoms. The summed E-state index contributed by atoms with van der Waals surface area (Å²) in [6.45, 7) is 1.69. The molecule has 0 aromatic carbocycles. The first-order valence-corrected chi connectivity index (χ1v) is 6.09. The molecule has 0 unspecified atom stereocenters. The van der Waals surface area contributed by atoms with E-state index in [1.54, 1.807) is 0 Å². The second-order valence-corrected chi connectivity index (χ2v) is 4.37. The summed E-state index contributed by atoms with van der Waals surface area (Å²) in [7, 11) is 0. The predicted octanol–water partition coefficient (Wildman–Crippen LogP) is 1.39. The van der Waals surface area contributed by atoms with Crippen molar-refractivity contribution in [2.24, 2.45) is 5.73 Å². The Morgan fingerprint density at radius 1 is 1.29 bits per heavy atom. The first-order valence-electron chi connectivity index (χ1n) is 6.09. The van der Waals surface area contributed by atoms with Gasteiger partial charge in [0.25, 0.3) is 0 Å². The van der Waals surface area contributed by atoms with Crippen LogP contribution in [0.5, 0.6) is 0 Å². The number of aryl methyl sites for hydroxylation is 1. The number of pyridine rings is 1. The molecule has 1 aliphatic rings. The summed E-state index contributed by atoms with van der Waals surface area (Å²) in [5.74, 6) is 0. The van der Waals surface area contributed by atoms with Crippen molar-refractivity contribution in [3.05, 3.63) is 35.9 Å². The molecule has 0 saturated heterocycles. The Morgan fingerprint density at radius 2 is 2.12 bits per heavy atom. The van der Waals surface area contributed by atoms with Gasteiger partial charge in [-0.25, -0.2) is 0 Å².